The molecule has 1 aromatic carbocycles. The number of nitrogens with zero attached hydrogens (tertiary/aromatic N) is 1. The van der Waals surface area contributed by atoms with Crippen molar-refractivity contribution in [2.75, 3.05) is 26.7 Å². The third-order valence-corrected chi connectivity index (χ3v) is 3.63. The Morgan fingerprint density at radius 1 is 1.48 bits per heavy atom. The van der Waals surface area contributed by atoms with E-state index in [0.717, 1.165) is 12.0 Å². The van der Waals surface area contributed by atoms with Crippen LogP contribution in [0.2, 0.25) is 0 Å². The number of rotatable bonds is 5. The lowest BCUT2D eigenvalue weighted by molar-refractivity contribution is 0.0696. The number of methoxy groups -OCH3 is 1. The first-order valence-corrected chi connectivity index (χ1v) is 6.98. The third kappa shape index (κ3) is 4.19. The van der Waals surface area contributed by atoms with Gasteiger partial charge in [0.15, 0.2) is 0 Å². The van der Waals surface area contributed by atoms with E-state index in [1.54, 1.807) is 30.2 Å². The average Bonchev–Trinajstić information content (AvgIpc) is 2.96. The molecule has 1 saturated heterocycles. The molecular weight excluding hydrogens is 272 g/mol. The van der Waals surface area contributed by atoms with Gasteiger partial charge in [0.25, 0.3) is 0 Å². The second kappa shape index (κ2) is 7.08. The van der Waals surface area contributed by atoms with Crippen molar-refractivity contribution in [1.29, 1.82) is 0 Å². The third-order valence-electron chi connectivity index (χ3n) is 3.63. The molecule has 1 fully saturated rings. The highest BCUT2D eigenvalue weighted by Gasteiger charge is 2.25. The topological polar surface area (TPSA) is 78.9 Å². The minimum atomic E-state index is -0.941. The molecule has 1 aliphatic rings. The maximum absolute atomic E-state index is 11.9. The summed E-state index contributed by atoms with van der Waals surface area (Å²) in [5.41, 5.74) is 1.16. The molecule has 1 aromatic rings. The van der Waals surface area contributed by atoms with Crippen LogP contribution in [0.1, 0.15) is 22.3 Å². The molecule has 0 bridgehead atoms. The molecule has 0 radical (unpaired) electrons. The summed E-state index contributed by atoms with van der Waals surface area (Å²) in [7, 11) is 1.65. The molecule has 0 spiro atoms. The van der Waals surface area contributed by atoms with Crippen molar-refractivity contribution in [3.05, 3.63) is 35.4 Å². The second-order valence-corrected chi connectivity index (χ2v) is 5.08. The number of urea groups is 1. The zero-order valence-corrected chi connectivity index (χ0v) is 12.0. The van der Waals surface area contributed by atoms with Crippen LogP contribution in [0.3, 0.4) is 0 Å². The van der Waals surface area contributed by atoms with E-state index in [1.165, 1.54) is 0 Å². The van der Waals surface area contributed by atoms with Gasteiger partial charge in [0.2, 0.25) is 0 Å². The first kappa shape index (κ1) is 15.3. The average molecular weight is 292 g/mol. The number of amides is 2. The first-order valence-electron chi connectivity index (χ1n) is 6.98. The van der Waals surface area contributed by atoms with Crippen molar-refractivity contribution < 1.29 is 19.4 Å². The number of carbonyl (C=O) groups is 2. The molecule has 114 valence electrons. The molecule has 2 rings (SSSR count). The summed E-state index contributed by atoms with van der Waals surface area (Å²) in [6.07, 6.45) is 1.60. The molecule has 0 aliphatic carbocycles. The van der Waals surface area contributed by atoms with E-state index in [4.69, 9.17) is 9.84 Å². The minimum absolute atomic E-state index is 0.0936. The maximum Gasteiger partial charge on any atom is 0.335 e. The van der Waals surface area contributed by atoms with Gasteiger partial charge in [-0.2, -0.15) is 0 Å². The van der Waals surface area contributed by atoms with Crippen molar-refractivity contribution in [2.24, 2.45) is 0 Å². The zero-order valence-electron chi connectivity index (χ0n) is 12.0. The van der Waals surface area contributed by atoms with Gasteiger partial charge in [0.1, 0.15) is 0 Å². The van der Waals surface area contributed by atoms with Gasteiger partial charge in [0, 0.05) is 26.7 Å². The summed E-state index contributed by atoms with van der Waals surface area (Å²) < 4.78 is 5.22. The number of carboxylic acids is 1. The van der Waals surface area contributed by atoms with E-state index in [2.05, 4.69) is 5.32 Å². The van der Waals surface area contributed by atoms with Crippen molar-refractivity contribution >= 4 is 12.0 Å². The molecule has 1 aliphatic heterocycles. The summed E-state index contributed by atoms with van der Waals surface area (Å²) in [5.74, 6) is -0.941. The van der Waals surface area contributed by atoms with Crippen molar-refractivity contribution in [2.45, 2.75) is 18.9 Å². The van der Waals surface area contributed by atoms with Gasteiger partial charge in [0.05, 0.1) is 11.7 Å². The van der Waals surface area contributed by atoms with Crippen LogP contribution in [0.25, 0.3) is 0 Å². The number of benzene rings is 1. The van der Waals surface area contributed by atoms with E-state index in [9.17, 15) is 9.59 Å². The number of likely N-dealkylation sites (tertiary alicyclic amines) is 1. The number of aromatic carboxylic acids is 1. The van der Waals surface area contributed by atoms with Crippen molar-refractivity contribution in [1.82, 2.24) is 10.2 Å². The predicted molar refractivity (Wildman–Crippen MR) is 77.5 cm³/mol. The number of carboxylic acid groups (broad SMARTS) is 1. The second-order valence-electron chi connectivity index (χ2n) is 5.08. The minimum Gasteiger partial charge on any atom is -0.478 e. The number of hydrogen-bond donors (Lipinski definition) is 2. The molecule has 2 amide bonds. The van der Waals surface area contributed by atoms with Gasteiger partial charge >= 0.3 is 12.0 Å². The van der Waals surface area contributed by atoms with Crippen LogP contribution in [-0.2, 0) is 11.2 Å². The van der Waals surface area contributed by atoms with Gasteiger partial charge < -0.3 is 20.1 Å². The van der Waals surface area contributed by atoms with Crippen molar-refractivity contribution in [3.63, 3.8) is 0 Å². The Hall–Kier alpha value is -2.08. The summed E-state index contributed by atoms with van der Waals surface area (Å²) in [4.78, 5) is 24.6. The van der Waals surface area contributed by atoms with Gasteiger partial charge in [-0.3, -0.25) is 0 Å². The largest absolute Gasteiger partial charge is 0.478 e. The van der Waals surface area contributed by atoms with E-state index in [-0.39, 0.29) is 17.7 Å². The van der Waals surface area contributed by atoms with E-state index in [1.807, 2.05) is 6.07 Å². The molecule has 6 heteroatoms. The van der Waals surface area contributed by atoms with Gasteiger partial charge in [-0.05, 0) is 30.5 Å². The van der Waals surface area contributed by atoms with Crippen molar-refractivity contribution in [3.8, 4) is 0 Å². The highest BCUT2D eigenvalue weighted by molar-refractivity contribution is 5.87. The Morgan fingerprint density at radius 2 is 2.29 bits per heavy atom. The van der Waals surface area contributed by atoms with E-state index < -0.39 is 5.97 Å². The monoisotopic (exact) mass is 292 g/mol. The number of ether oxygens (including phenoxy) is 1. The summed E-state index contributed by atoms with van der Waals surface area (Å²) in [6.45, 7) is 1.81. The Labute approximate surface area is 123 Å². The SMILES string of the molecule is COC1CCN(C(=O)NCCc2cccc(C(=O)O)c2)C1. The Morgan fingerprint density at radius 3 is 2.95 bits per heavy atom. The lowest BCUT2D eigenvalue weighted by Crippen LogP contribution is -2.39. The first-order chi connectivity index (χ1) is 10.1. The van der Waals surface area contributed by atoms with Crippen LogP contribution in [0, 0.1) is 0 Å². The predicted octanol–water partition coefficient (Wildman–Crippen LogP) is 1.36. The lowest BCUT2D eigenvalue weighted by Gasteiger charge is -2.17. The highest BCUT2D eigenvalue weighted by Crippen LogP contribution is 2.11. The van der Waals surface area contributed by atoms with Crippen LogP contribution in [-0.4, -0.2) is 54.9 Å². The Balaban J connectivity index is 1.78. The number of carbonyl (C=O) groups excluding carboxylic acids is 1. The Bertz CT molecular complexity index is 518. The molecular formula is C15H20N2O4. The fourth-order valence-corrected chi connectivity index (χ4v) is 2.39. The highest BCUT2D eigenvalue weighted by atomic mass is 16.5. The Kier molecular flexibility index (Phi) is 5.16. The van der Waals surface area contributed by atoms with Crippen LogP contribution in [0.4, 0.5) is 4.79 Å². The summed E-state index contributed by atoms with van der Waals surface area (Å²) in [6, 6.07) is 6.66. The number of nitrogens with one attached hydrogen (secondary N) is 1. The van der Waals surface area contributed by atoms with Crippen LogP contribution >= 0.6 is 0 Å². The van der Waals surface area contributed by atoms with E-state index in [0.29, 0.717) is 26.1 Å². The van der Waals surface area contributed by atoms with Crippen LogP contribution in [0.15, 0.2) is 24.3 Å². The molecule has 0 aromatic heterocycles. The maximum atomic E-state index is 11.9. The summed E-state index contributed by atoms with van der Waals surface area (Å²) >= 11 is 0. The molecule has 21 heavy (non-hydrogen) atoms. The molecule has 1 atom stereocenters. The van der Waals surface area contributed by atoms with Gasteiger partial charge in [-0.1, -0.05) is 12.1 Å². The number of hydrogen-bond acceptors (Lipinski definition) is 3. The zero-order chi connectivity index (χ0) is 15.2. The smallest absolute Gasteiger partial charge is 0.335 e. The molecule has 2 N–H and O–H groups in total. The quantitative estimate of drug-likeness (QED) is 0.859. The molecule has 0 saturated carbocycles. The fraction of sp³-hybridized carbons (Fsp3) is 0.467. The standard InChI is InChI=1S/C15H20N2O4/c1-21-13-6-8-17(10-13)15(20)16-7-5-11-3-2-4-12(9-11)14(18)19/h2-4,9,13H,5-8,10H2,1H3,(H,16,20)(H,18,19). The van der Waals surface area contributed by atoms with Gasteiger partial charge in [-0.15, -0.1) is 0 Å². The molecule has 6 nitrogen and oxygen atoms in total. The molecule has 1 unspecified atom stereocenters. The fourth-order valence-electron chi connectivity index (χ4n) is 2.39. The summed E-state index contributed by atoms with van der Waals surface area (Å²) in [5, 5.41) is 11.8. The lowest BCUT2D eigenvalue weighted by atomic mass is 10.1. The van der Waals surface area contributed by atoms with Gasteiger partial charge in [-0.25, -0.2) is 9.59 Å². The van der Waals surface area contributed by atoms with Crippen LogP contribution in [0.5, 0.6) is 0 Å². The van der Waals surface area contributed by atoms with Crippen LogP contribution < -0.4 is 5.32 Å². The van der Waals surface area contributed by atoms with E-state index >= 15 is 0 Å². The molecule has 1 heterocycles. The normalized spacial score (nSPS) is 17.8.